The number of carboxylic acids is 1. The normalized spacial score (nSPS) is 12.5. The van der Waals surface area contributed by atoms with Gasteiger partial charge in [-0.1, -0.05) is 13.0 Å². The number of hydrogen-bond acceptors (Lipinski definition) is 4. The summed E-state index contributed by atoms with van der Waals surface area (Å²) >= 11 is 1.25. The minimum absolute atomic E-state index is 0.101. The number of benzene rings is 2. The maximum Gasteiger partial charge on any atom is 0.416 e. The predicted molar refractivity (Wildman–Crippen MR) is 117 cm³/mol. The number of carbonyl (C=O) groups is 1. The predicted octanol–water partition coefficient (Wildman–Crippen LogP) is 7.01. The molecule has 1 atom stereocenters. The number of thiophene rings is 1. The average molecular weight is 482 g/mol. The van der Waals surface area contributed by atoms with Crippen LogP contribution in [-0.2, 0) is 17.6 Å². The van der Waals surface area contributed by atoms with Crippen LogP contribution in [0, 0.1) is 19.7 Å². The Hall–Kier alpha value is -3.07. The highest BCUT2D eigenvalue weighted by Crippen LogP contribution is 2.37. The first-order valence-electron chi connectivity index (χ1n) is 10.1. The van der Waals surface area contributed by atoms with E-state index in [1.54, 1.807) is 38.1 Å². The number of alkyl halides is 3. The zero-order valence-corrected chi connectivity index (χ0v) is 18.9. The average Bonchev–Trinajstić information content (AvgIpc) is 3.10. The van der Waals surface area contributed by atoms with Crippen molar-refractivity contribution in [3.63, 3.8) is 0 Å². The molecule has 4 nitrogen and oxygen atoms in total. The highest BCUT2D eigenvalue weighted by atomic mass is 32.1. The standard InChI is InChI=1S/C24H22F4O4S/c1-4-19(23(29)30)32-20-8-6-16(9-13(20)2)31-12-22-14(3)10-21(33-22)17-7-5-15(11-18(17)25)24(26,27)28/h5-11,19H,4,12H2,1-3H3,(H,29,30). The van der Waals surface area contributed by atoms with Gasteiger partial charge < -0.3 is 14.6 Å². The van der Waals surface area contributed by atoms with Crippen LogP contribution in [0.3, 0.4) is 0 Å². The van der Waals surface area contributed by atoms with Gasteiger partial charge in [-0.3, -0.25) is 0 Å². The summed E-state index contributed by atoms with van der Waals surface area (Å²) < 4.78 is 64.0. The monoisotopic (exact) mass is 482 g/mol. The second kappa shape index (κ2) is 9.82. The summed E-state index contributed by atoms with van der Waals surface area (Å²) in [7, 11) is 0. The first-order valence-corrected chi connectivity index (χ1v) is 10.9. The van der Waals surface area contributed by atoms with Gasteiger partial charge in [0.05, 0.1) is 5.56 Å². The molecule has 0 aliphatic heterocycles. The molecule has 0 aliphatic rings. The molecule has 0 bridgehead atoms. The third-order valence-electron chi connectivity index (χ3n) is 5.01. The second-order valence-electron chi connectivity index (χ2n) is 7.48. The van der Waals surface area contributed by atoms with E-state index < -0.39 is 29.6 Å². The van der Waals surface area contributed by atoms with Crippen LogP contribution in [0.5, 0.6) is 11.5 Å². The van der Waals surface area contributed by atoms with E-state index in [2.05, 4.69) is 0 Å². The van der Waals surface area contributed by atoms with Gasteiger partial charge in [0, 0.05) is 15.3 Å². The molecule has 3 rings (SSSR count). The second-order valence-corrected chi connectivity index (χ2v) is 8.61. The van der Waals surface area contributed by atoms with E-state index in [1.807, 2.05) is 6.92 Å². The number of aryl methyl sites for hydroxylation is 2. The van der Waals surface area contributed by atoms with E-state index in [9.17, 15) is 22.4 Å². The Morgan fingerprint density at radius 1 is 1.09 bits per heavy atom. The van der Waals surface area contributed by atoms with Gasteiger partial charge in [0.1, 0.15) is 23.9 Å². The molecule has 3 aromatic rings. The third kappa shape index (κ3) is 5.84. The van der Waals surface area contributed by atoms with Crippen molar-refractivity contribution in [3.05, 3.63) is 69.8 Å². The summed E-state index contributed by atoms with van der Waals surface area (Å²) in [5.41, 5.74) is 0.612. The topological polar surface area (TPSA) is 55.8 Å². The Morgan fingerprint density at radius 3 is 2.39 bits per heavy atom. The van der Waals surface area contributed by atoms with E-state index in [0.29, 0.717) is 34.4 Å². The van der Waals surface area contributed by atoms with Crippen LogP contribution in [0.15, 0.2) is 42.5 Å². The highest BCUT2D eigenvalue weighted by molar-refractivity contribution is 7.15. The maximum absolute atomic E-state index is 14.3. The first-order chi connectivity index (χ1) is 15.5. The fourth-order valence-corrected chi connectivity index (χ4v) is 4.26. The van der Waals surface area contributed by atoms with Crippen molar-refractivity contribution in [1.82, 2.24) is 0 Å². The van der Waals surface area contributed by atoms with Gasteiger partial charge in [-0.2, -0.15) is 13.2 Å². The van der Waals surface area contributed by atoms with Crippen LogP contribution in [0.4, 0.5) is 17.6 Å². The molecular formula is C24H22F4O4S. The minimum Gasteiger partial charge on any atom is -0.488 e. The number of carboxylic acid groups (broad SMARTS) is 1. The van der Waals surface area contributed by atoms with Crippen molar-refractivity contribution < 1.29 is 36.9 Å². The SMILES string of the molecule is CCC(Oc1ccc(OCc2sc(-c3ccc(C(F)(F)F)cc3F)cc2C)cc1C)C(=O)O. The number of hydrogen-bond donors (Lipinski definition) is 1. The van der Waals surface area contributed by atoms with Gasteiger partial charge in [-0.05, 0) is 67.8 Å². The highest BCUT2D eigenvalue weighted by Gasteiger charge is 2.31. The summed E-state index contributed by atoms with van der Waals surface area (Å²) in [6.45, 7) is 5.50. The molecule has 0 saturated heterocycles. The Labute approximate surface area is 192 Å². The maximum atomic E-state index is 14.3. The molecule has 1 aromatic heterocycles. The van der Waals surface area contributed by atoms with Crippen molar-refractivity contribution in [2.45, 2.75) is 46.1 Å². The number of halogens is 4. The molecule has 9 heteroatoms. The van der Waals surface area contributed by atoms with Crippen LogP contribution in [-0.4, -0.2) is 17.2 Å². The van der Waals surface area contributed by atoms with Crippen molar-refractivity contribution in [3.8, 4) is 21.9 Å². The largest absolute Gasteiger partial charge is 0.488 e. The van der Waals surface area contributed by atoms with Crippen molar-refractivity contribution in [2.24, 2.45) is 0 Å². The molecule has 0 amide bonds. The molecule has 1 unspecified atom stereocenters. The lowest BCUT2D eigenvalue weighted by atomic mass is 10.1. The van der Waals surface area contributed by atoms with Gasteiger partial charge >= 0.3 is 12.1 Å². The molecule has 1 N–H and O–H groups in total. The molecule has 176 valence electrons. The van der Waals surface area contributed by atoms with E-state index >= 15 is 0 Å². The van der Waals surface area contributed by atoms with Crippen LogP contribution in [0.2, 0.25) is 0 Å². The summed E-state index contributed by atoms with van der Waals surface area (Å²) in [4.78, 5) is 12.5. The number of ether oxygens (including phenoxy) is 2. The van der Waals surface area contributed by atoms with Crippen molar-refractivity contribution >= 4 is 17.3 Å². The zero-order chi connectivity index (χ0) is 24.3. The quantitative estimate of drug-likeness (QED) is 0.351. The Kier molecular flexibility index (Phi) is 7.31. The lowest BCUT2D eigenvalue weighted by Gasteiger charge is -2.16. The van der Waals surface area contributed by atoms with E-state index in [4.69, 9.17) is 14.6 Å². The van der Waals surface area contributed by atoms with E-state index in [1.165, 1.54) is 11.3 Å². The lowest BCUT2D eigenvalue weighted by Crippen LogP contribution is -2.26. The van der Waals surface area contributed by atoms with Crippen molar-refractivity contribution in [1.29, 1.82) is 0 Å². The van der Waals surface area contributed by atoms with Crippen LogP contribution < -0.4 is 9.47 Å². The van der Waals surface area contributed by atoms with Crippen molar-refractivity contribution in [2.75, 3.05) is 0 Å². The summed E-state index contributed by atoms with van der Waals surface area (Å²) in [5, 5.41) is 9.14. The number of rotatable bonds is 8. The Morgan fingerprint density at radius 2 is 1.82 bits per heavy atom. The van der Waals surface area contributed by atoms with Crippen LogP contribution in [0.1, 0.15) is 34.9 Å². The molecule has 1 heterocycles. The Balaban J connectivity index is 1.72. The molecule has 0 spiro atoms. The van der Waals surface area contributed by atoms with E-state index in [0.717, 1.165) is 22.6 Å². The molecular weight excluding hydrogens is 460 g/mol. The van der Waals surface area contributed by atoms with Gasteiger partial charge in [0.2, 0.25) is 0 Å². The van der Waals surface area contributed by atoms with Crippen LogP contribution in [0.25, 0.3) is 10.4 Å². The summed E-state index contributed by atoms with van der Waals surface area (Å²) in [6.07, 6.45) is -5.21. The smallest absolute Gasteiger partial charge is 0.416 e. The summed E-state index contributed by atoms with van der Waals surface area (Å²) in [5.74, 6) is -0.982. The fourth-order valence-electron chi connectivity index (χ4n) is 3.14. The molecule has 2 aromatic carbocycles. The lowest BCUT2D eigenvalue weighted by molar-refractivity contribution is -0.145. The van der Waals surface area contributed by atoms with Gasteiger partial charge in [0.15, 0.2) is 6.10 Å². The first kappa shape index (κ1) is 24.6. The fraction of sp³-hybridized carbons (Fsp3) is 0.292. The van der Waals surface area contributed by atoms with Crippen LogP contribution >= 0.6 is 11.3 Å². The summed E-state index contributed by atoms with van der Waals surface area (Å²) in [6, 6.07) is 9.24. The van der Waals surface area contributed by atoms with Gasteiger partial charge in [-0.15, -0.1) is 11.3 Å². The van der Waals surface area contributed by atoms with Gasteiger partial charge in [-0.25, -0.2) is 9.18 Å². The third-order valence-corrected chi connectivity index (χ3v) is 6.26. The Bertz CT molecular complexity index is 1150. The number of aliphatic carboxylic acids is 1. The zero-order valence-electron chi connectivity index (χ0n) is 18.1. The molecule has 0 saturated carbocycles. The molecule has 0 aliphatic carbocycles. The molecule has 0 radical (unpaired) electrons. The molecule has 33 heavy (non-hydrogen) atoms. The van der Waals surface area contributed by atoms with Gasteiger partial charge in [0.25, 0.3) is 0 Å². The molecule has 0 fully saturated rings. The van der Waals surface area contributed by atoms with E-state index in [-0.39, 0.29) is 12.2 Å². The minimum atomic E-state index is -4.60.